The van der Waals surface area contributed by atoms with Crippen LogP contribution in [0.5, 0.6) is 0 Å². The van der Waals surface area contributed by atoms with E-state index in [0.717, 1.165) is 33.4 Å². The minimum absolute atomic E-state index is 1.03. The normalized spacial score (nSPS) is 10.4. The van der Waals surface area contributed by atoms with Gasteiger partial charge in [0, 0.05) is 39.6 Å². The van der Waals surface area contributed by atoms with Crippen molar-refractivity contribution < 1.29 is 0 Å². The molecule has 3 aromatic rings. The molecule has 3 rings (SSSR count). The number of nitrogens with zero attached hydrogens (tertiary/aromatic N) is 2. The van der Waals surface area contributed by atoms with Crippen LogP contribution in [0.3, 0.4) is 0 Å². The Labute approximate surface area is 169 Å². The highest BCUT2D eigenvalue weighted by Crippen LogP contribution is 2.27. The molecule has 2 nitrogen and oxygen atoms in total. The van der Waals surface area contributed by atoms with Gasteiger partial charge in [-0.1, -0.05) is 61.7 Å². The lowest BCUT2D eigenvalue weighted by molar-refractivity contribution is 1.13. The van der Waals surface area contributed by atoms with Gasteiger partial charge >= 0.3 is 0 Å². The summed E-state index contributed by atoms with van der Waals surface area (Å²) >= 11 is 0. The fourth-order valence-corrected chi connectivity index (χ4v) is 3.13. The number of rotatable bonds is 6. The Balaban J connectivity index is 1.76. The van der Waals surface area contributed by atoms with Gasteiger partial charge in [0.25, 0.3) is 0 Å². The molecule has 0 heterocycles. The number of anilines is 2. The molecule has 0 unspecified atom stereocenters. The third kappa shape index (κ3) is 4.17. The Morgan fingerprint density at radius 2 is 0.679 bits per heavy atom. The summed E-state index contributed by atoms with van der Waals surface area (Å²) in [5.41, 5.74) is 8.93. The van der Waals surface area contributed by atoms with Crippen molar-refractivity contribution >= 4 is 22.5 Å². The van der Waals surface area contributed by atoms with E-state index < -0.39 is 0 Å². The first kappa shape index (κ1) is 19.5. The van der Waals surface area contributed by atoms with E-state index in [2.05, 4.69) is 95.8 Å². The van der Waals surface area contributed by atoms with Gasteiger partial charge in [-0.2, -0.15) is 0 Å². The van der Waals surface area contributed by atoms with Crippen LogP contribution < -0.4 is 9.80 Å². The van der Waals surface area contributed by atoms with E-state index in [0.29, 0.717) is 0 Å². The molecule has 0 aliphatic heterocycles. The van der Waals surface area contributed by atoms with Crippen LogP contribution in [0.1, 0.15) is 22.3 Å². The molecule has 0 N–H and O–H groups in total. The van der Waals surface area contributed by atoms with Crippen LogP contribution in [0.15, 0.2) is 86.0 Å². The monoisotopic (exact) mass is 368 g/mol. The van der Waals surface area contributed by atoms with E-state index in [1.54, 1.807) is 0 Å². The van der Waals surface area contributed by atoms with Crippen LogP contribution in [0.2, 0.25) is 0 Å². The molecule has 0 saturated heterocycles. The van der Waals surface area contributed by atoms with E-state index in [4.69, 9.17) is 0 Å². The smallest absolute Gasteiger partial charge is 0.0361 e. The summed E-state index contributed by atoms with van der Waals surface area (Å²) < 4.78 is 0. The van der Waals surface area contributed by atoms with Gasteiger partial charge < -0.3 is 9.80 Å². The Morgan fingerprint density at radius 1 is 0.464 bits per heavy atom. The van der Waals surface area contributed by atoms with Crippen LogP contribution in [-0.4, -0.2) is 28.2 Å². The van der Waals surface area contributed by atoms with Crippen LogP contribution in [0, 0.1) is 0 Å². The zero-order valence-electron chi connectivity index (χ0n) is 17.2. The van der Waals surface area contributed by atoms with Gasteiger partial charge in [0.15, 0.2) is 0 Å². The summed E-state index contributed by atoms with van der Waals surface area (Å²) in [7, 11) is 8.18. The fraction of sp³-hybridized carbons (Fsp3) is 0.154. The van der Waals surface area contributed by atoms with Crippen molar-refractivity contribution in [2.45, 2.75) is 0 Å². The first-order chi connectivity index (χ1) is 13.4. The SMILES string of the molecule is C=C(c1ccc(C(=C)c2ccc(N(C)C)cc2)cc1)c1ccc(N(C)C)cc1. The molecule has 28 heavy (non-hydrogen) atoms. The quantitative estimate of drug-likeness (QED) is 0.531. The van der Waals surface area contributed by atoms with Crippen molar-refractivity contribution in [3.63, 3.8) is 0 Å². The van der Waals surface area contributed by atoms with Crippen LogP contribution in [0.25, 0.3) is 11.1 Å². The van der Waals surface area contributed by atoms with Gasteiger partial charge in [-0.25, -0.2) is 0 Å². The molecule has 0 aliphatic carbocycles. The highest BCUT2D eigenvalue weighted by atomic mass is 15.1. The van der Waals surface area contributed by atoms with Crippen molar-refractivity contribution in [3.8, 4) is 0 Å². The molecular weight excluding hydrogens is 340 g/mol. The summed E-state index contributed by atoms with van der Waals surface area (Å²) in [5, 5.41) is 0. The molecule has 0 bridgehead atoms. The van der Waals surface area contributed by atoms with Crippen LogP contribution in [-0.2, 0) is 0 Å². The van der Waals surface area contributed by atoms with E-state index in [9.17, 15) is 0 Å². The Morgan fingerprint density at radius 3 is 0.893 bits per heavy atom. The van der Waals surface area contributed by atoms with Gasteiger partial charge in [-0.15, -0.1) is 0 Å². The lowest BCUT2D eigenvalue weighted by Gasteiger charge is -2.15. The third-order valence-corrected chi connectivity index (χ3v) is 5.05. The molecule has 0 aromatic heterocycles. The zero-order chi connectivity index (χ0) is 20.3. The molecule has 0 spiro atoms. The minimum Gasteiger partial charge on any atom is -0.378 e. The van der Waals surface area contributed by atoms with E-state index >= 15 is 0 Å². The highest BCUT2D eigenvalue weighted by molar-refractivity contribution is 5.82. The van der Waals surface area contributed by atoms with Gasteiger partial charge in [-0.05, 0) is 57.7 Å². The second-order valence-corrected chi connectivity index (χ2v) is 7.42. The average Bonchev–Trinajstić information content (AvgIpc) is 2.73. The van der Waals surface area contributed by atoms with Crippen molar-refractivity contribution in [1.82, 2.24) is 0 Å². The number of hydrogen-bond donors (Lipinski definition) is 0. The molecule has 0 fully saturated rings. The summed E-state index contributed by atoms with van der Waals surface area (Å²) in [6.45, 7) is 8.58. The maximum Gasteiger partial charge on any atom is 0.0361 e. The topological polar surface area (TPSA) is 6.48 Å². The molecule has 3 aromatic carbocycles. The molecule has 0 amide bonds. The van der Waals surface area contributed by atoms with Crippen molar-refractivity contribution in [3.05, 3.63) is 108 Å². The molecule has 142 valence electrons. The molecule has 0 radical (unpaired) electrons. The predicted octanol–water partition coefficient (Wildman–Crippen LogP) is 5.94. The minimum atomic E-state index is 1.03. The molecule has 0 saturated carbocycles. The summed E-state index contributed by atoms with van der Waals surface area (Å²) in [4.78, 5) is 4.19. The first-order valence-corrected chi connectivity index (χ1v) is 9.41. The first-order valence-electron chi connectivity index (χ1n) is 9.41. The number of benzene rings is 3. The van der Waals surface area contributed by atoms with Crippen molar-refractivity contribution in [2.75, 3.05) is 38.0 Å². The van der Waals surface area contributed by atoms with E-state index in [1.165, 1.54) is 11.4 Å². The predicted molar refractivity (Wildman–Crippen MR) is 124 cm³/mol. The maximum atomic E-state index is 4.29. The Hall–Kier alpha value is -3.26. The third-order valence-electron chi connectivity index (χ3n) is 5.05. The molecular formula is C26H28N2. The summed E-state index contributed by atoms with van der Waals surface area (Å²) in [6.07, 6.45) is 0. The van der Waals surface area contributed by atoms with Gasteiger partial charge in [0.05, 0.1) is 0 Å². The molecule has 2 heteroatoms. The Bertz CT molecular complexity index is 878. The van der Waals surface area contributed by atoms with Gasteiger partial charge in [0.2, 0.25) is 0 Å². The maximum absolute atomic E-state index is 4.29. The summed E-state index contributed by atoms with van der Waals surface area (Å²) in [5.74, 6) is 0. The lowest BCUT2D eigenvalue weighted by Crippen LogP contribution is -2.08. The average molecular weight is 369 g/mol. The second kappa shape index (κ2) is 8.18. The van der Waals surface area contributed by atoms with Gasteiger partial charge in [0.1, 0.15) is 0 Å². The Kier molecular flexibility index (Phi) is 5.70. The van der Waals surface area contributed by atoms with Crippen LogP contribution in [0.4, 0.5) is 11.4 Å². The standard InChI is InChI=1S/C26H28N2/c1-19(23-11-15-25(16-12-23)27(3)4)21-7-9-22(10-8-21)20(2)24-13-17-26(18-14-24)28(5)6/h7-18H,1-2H2,3-6H3. The second-order valence-electron chi connectivity index (χ2n) is 7.42. The van der Waals surface area contributed by atoms with E-state index in [-0.39, 0.29) is 0 Å². The van der Waals surface area contributed by atoms with Gasteiger partial charge in [-0.3, -0.25) is 0 Å². The van der Waals surface area contributed by atoms with Crippen molar-refractivity contribution in [1.29, 1.82) is 0 Å². The zero-order valence-corrected chi connectivity index (χ0v) is 17.2. The fourth-order valence-electron chi connectivity index (χ4n) is 3.13. The van der Waals surface area contributed by atoms with Crippen molar-refractivity contribution in [2.24, 2.45) is 0 Å². The summed E-state index contributed by atoms with van der Waals surface area (Å²) in [6, 6.07) is 25.5. The molecule has 0 atom stereocenters. The highest BCUT2D eigenvalue weighted by Gasteiger charge is 2.07. The van der Waals surface area contributed by atoms with Crippen LogP contribution >= 0.6 is 0 Å². The number of hydrogen-bond acceptors (Lipinski definition) is 2. The lowest BCUT2D eigenvalue weighted by atomic mass is 9.95. The van der Waals surface area contributed by atoms with E-state index in [1.807, 2.05) is 28.2 Å². The largest absolute Gasteiger partial charge is 0.378 e. The molecule has 0 aliphatic rings.